The molecule has 2 aliphatic rings. The number of para-hydroxylation sites is 2. The number of aliphatic hydroxyl groups is 1. The predicted molar refractivity (Wildman–Crippen MR) is 118 cm³/mol. The summed E-state index contributed by atoms with van der Waals surface area (Å²) in [5.74, 6) is 3.27. The van der Waals surface area contributed by atoms with Gasteiger partial charge < -0.3 is 19.5 Å². The summed E-state index contributed by atoms with van der Waals surface area (Å²) in [5, 5.41) is 10.8. The van der Waals surface area contributed by atoms with E-state index in [2.05, 4.69) is 14.9 Å². The largest absolute Gasteiger partial charge is 0.485 e. The van der Waals surface area contributed by atoms with Gasteiger partial charge in [-0.3, -0.25) is 0 Å². The highest BCUT2D eigenvalue weighted by Gasteiger charge is 2.43. The van der Waals surface area contributed by atoms with Crippen molar-refractivity contribution in [2.75, 3.05) is 18.0 Å². The van der Waals surface area contributed by atoms with E-state index in [1.807, 2.05) is 60.7 Å². The topological polar surface area (TPSA) is 67.7 Å². The van der Waals surface area contributed by atoms with E-state index in [0.717, 1.165) is 37.3 Å². The van der Waals surface area contributed by atoms with Gasteiger partial charge in [-0.1, -0.05) is 42.5 Å². The zero-order chi connectivity index (χ0) is 21.0. The number of anilines is 1. The average molecular weight is 418 g/mol. The van der Waals surface area contributed by atoms with Crippen LogP contribution < -0.4 is 14.4 Å². The first kappa shape index (κ1) is 19.8. The van der Waals surface area contributed by atoms with Crippen LogP contribution in [0.3, 0.4) is 0 Å². The number of benzene rings is 2. The van der Waals surface area contributed by atoms with Crippen LogP contribution in [0.2, 0.25) is 0 Å². The monoisotopic (exact) mass is 417 g/mol. The third-order valence-electron chi connectivity index (χ3n) is 6.34. The van der Waals surface area contributed by atoms with E-state index in [1.165, 1.54) is 0 Å². The van der Waals surface area contributed by atoms with Gasteiger partial charge in [0.1, 0.15) is 24.9 Å². The first-order chi connectivity index (χ1) is 15.3. The fourth-order valence-electron chi connectivity index (χ4n) is 4.74. The molecule has 5 rings (SSSR count). The number of hydrogen-bond donors (Lipinski definition) is 1. The lowest BCUT2D eigenvalue weighted by Gasteiger charge is -2.35. The molecule has 1 saturated carbocycles. The fourth-order valence-corrected chi connectivity index (χ4v) is 4.74. The van der Waals surface area contributed by atoms with Gasteiger partial charge in [0.2, 0.25) is 0 Å². The standard InChI is InChI=1S/C25H27N3O3/c29-21-12-19-14-28(25-10-11-26-17-27-25)15-20(19)13-24(21)31-23-9-5-4-8-22(23)30-16-18-6-2-1-3-7-18/h1-11,17,19-21,24,29H,12-16H2/t19-,20+,21+,24+/m0/s1. The Morgan fingerprint density at radius 2 is 1.65 bits per heavy atom. The molecule has 0 spiro atoms. The number of fused-ring (bicyclic) bond motifs is 1. The van der Waals surface area contributed by atoms with E-state index in [4.69, 9.17) is 9.47 Å². The Hall–Kier alpha value is -3.12. The molecule has 3 aromatic rings. The summed E-state index contributed by atoms with van der Waals surface area (Å²) in [6.45, 7) is 2.33. The van der Waals surface area contributed by atoms with E-state index in [0.29, 0.717) is 29.9 Å². The van der Waals surface area contributed by atoms with Gasteiger partial charge in [-0.05, 0) is 48.4 Å². The van der Waals surface area contributed by atoms with Crippen molar-refractivity contribution in [1.29, 1.82) is 0 Å². The normalized spacial score (nSPS) is 25.1. The molecule has 4 atom stereocenters. The number of aromatic nitrogens is 2. The molecule has 1 aliphatic heterocycles. The lowest BCUT2D eigenvalue weighted by Crippen LogP contribution is -2.42. The van der Waals surface area contributed by atoms with Gasteiger partial charge in [-0.15, -0.1) is 0 Å². The van der Waals surface area contributed by atoms with Crippen LogP contribution in [-0.2, 0) is 6.61 Å². The van der Waals surface area contributed by atoms with Crippen LogP contribution >= 0.6 is 0 Å². The van der Waals surface area contributed by atoms with Gasteiger partial charge in [0.25, 0.3) is 0 Å². The van der Waals surface area contributed by atoms with Gasteiger partial charge in [0, 0.05) is 19.3 Å². The van der Waals surface area contributed by atoms with Crippen LogP contribution in [-0.4, -0.2) is 40.4 Å². The Balaban J connectivity index is 1.25. The molecule has 0 radical (unpaired) electrons. The second-order valence-corrected chi connectivity index (χ2v) is 8.41. The Morgan fingerprint density at radius 1 is 0.903 bits per heavy atom. The average Bonchev–Trinajstić information content (AvgIpc) is 3.23. The van der Waals surface area contributed by atoms with Crippen molar-refractivity contribution in [2.24, 2.45) is 11.8 Å². The molecule has 2 aromatic carbocycles. The van der Waals surface area contributed by atoms with Crippen molar-refractivity contribution in [3.63, 3.8) is 0 Å². The maximum atomic E-state index is 10.8. The molecule has 0 unspecified atom stereocenters. The Bertz CT molecular complexity index is 986. The molecule has 2 heterocycles. The second kappa shape index (κ2) is 8.94. The van der Waals surface area contributed by atoms with Gasteiger partial charge in [-0.2, -0.15) is 0 Å². The smallest absolute Gasteiger partial charge is 0.161 e. The fraction of sp³-hybridized carbons (Fsp3) is 0.360. The molecule has 2 fully saturated rings. The number of aliphatic hydroxyl groups excluding tert-OH is 1. The Morgan fingerprint density at radius 3 is 2.42 bits per heavy atom. The molecule has 1 N–H and O–H groups in total. The van der Waals surface area contributed by atoms with E-state index in [-0.39, 0.29) is 6.10 Å². The first-order valence-corrected chi connectivity index (χ1v) is 10.9. The third kappa shape index (κ3) is 4.49. The minimum Gasteiger partial charge on any atom is -0.485 e. The minimum atomic E-state index is -0.492. The van der Waals surface area contributed by atoms with Crippen LogP contribution in [0, 0.1) is 11.8 Å². The van der Waals surface area contributed by atoms with E-state index >= 15 is 0 Å². The van der Waals surface area contributed by atoms with Crippen molar-refractivity contribution in [3.05, 3.63) is 78.8 Å². The summed E-state index contributed by atoms with van der Waals surface area (Å²) in [5.41, 5.74) is 1.11. The van der Waals surface area contributed by atoms with Gasteiger partial charge in [-0.25, -0.2) is 9.97 Å². The molecular weight excluding hydrogens is 390 g/mol. The molecule has 1 aromatic heterocycles. The maximum Gasteiger partial charge on any atom is 0.161 e. The van der Waals surface area contributed by atoms with Crippen molar-refractivity contribution < 1.29 is 14.6 Å². The van der Waals surface area contributed by atoms with Crippen molar-refractivity contribution in [3.8, 4) is 11.5 Å². The number of hydrogen-bond acceptors (Lipinski definition) is 6. The maximum absolute atomic E-state index is 10.8. The summed E-state index contributed by atoms with van der Waals surface area (Å²) in [6.07, 6.45) is 4.19. The lowest BCUT2D eigenvalue weighted by molar-refractivity contribution is -0.0243. The Kier molecular flexibility index (Phi) is 5.71. The summed E-state index contributed by atoms with van der Waals surface area (Å²) in [4.78, 5) is 10.7. The molecule has 1 saturated heterocycles. The van der Waals surface area contributed by atoms with Crippen LogP contribution in [0.25, 0.3) is 0 Å². The molecule has 0 bridgehead atoms. The summed E-state index contributed by atoms with van der Waals surface area (Å²) in [6, 6.07) is 19.7. The zero-order valence-corrected chi connectivity index (χ0v) is 17.4. The van der Waals surface area contributed by atoms with Gasteiger partial charge in [0.15, 0.2) is 11.5 Å². The Labute approximate surface area is 182 Å². The molecule has 31 heavy (non-hydrogen) atoms. The zero-order valence-electron chi connectivity index (χ0n) is 17.4. The highest BCUT2D eigenvalue weighted by Crippen LogP contribution is 2.40. The summed E-state index contributed by atoms with van der Waals surface area (Å²) >= 11 is 0. The molecule has 1 aliphatic carbocycles. The van der Waals surface area contributed by atoms with Crippen LogP contribution in [0.4, 0.5) is 5.82 Å². The highest BCUT2D eigenvalue weighted by molar-refractivity contribution is 5.41. The number of ether oxygens (including phenoxy) is 2. The van der Waals surface area contributed by atoms with Gasteiger partial charge in [0.05, 0.1) is 6.10 Å². The number of nitrogens with zero attached hydrogens (tertiary/aromatic N) is 3. The van der Waals surface area contributed by atoms with E-state index in [1.54, 1.807) is 12.5 Å². The quantitative estimate of drug-likeness (QED) is 0.660. The van der Waals surface area contributed by atoms with Crippen LogP contribution in [0.1, 0.15) is 18.4 Å². The van der Waals surface area contributed by atoms with Gasteiger partial charge >= 0.3 is 0 Å². The molecule has 6 heteroatoms. The molecule has 0 amide bonds. The summed E-state index contributed by atoms with van der Waals surface area (Å²) < 4.78 is 12.3. The SMILES string of the molecule is O[C@@H]1C[C@H]2CN(c3ccncn3)C[C@H]2C[C@H]1Oc1ccccc1OCc1ccccc1. The highest BCUT2D eigenvalue weighted by atomic mass is 16.5. The van der Waals surface area contributed by atoms with Crippen LogP contribution in [0.15, 0.2) is 73.2 Å². The second-order valence-electron chi connectivity index (χ2n) is 8.41. The molecular formula is C25H27N3O3. The van der Waals surface area contributed by atoms with E-state index in [9.17, 15) is 5.11 Å². The lowest BCUT2D eigenvalue weighted by atomic mass is 9.78. The molecule has 160 valence electrons. The first-order valence-electron chi connectivity index (χ1n) is 10.9. The molecule has 6 nitrogen and oxygen atoms in total. The predicted octanol–water partition coefficient (Wildman–Crippen LogP) is 3.71. The minimum absolute atomic E-state index is 0.243. The number of rotatable bonds is 6. The van der Waals surface area contributed by atoms with Crippen molar-refractivity contribution >= 4 is 5.82 Å². The third-order valence-corrected chi connectivity index (χ3v) is 6.34. The summed E-state index contributed by atoms with van der Waals surface area (Å²) in [7, 11) is 0. The van der Waals surface area contributed by atoms with Crippen molar-refractivity contribution in [2.45, 2.75) is 31.7 Å². The van der Waals surface area contributed by atoms with Crippen molar-refractivity contribution in [1.82, 2.24) is 9.97 Å². The van der Waals surface area contributed by atoms with E-state index < -0.39 is 6.10 Å². The van der Waals surface area contributed by atoms with Crippen LogP contribution in [0.5, 0.6) is 11.5 Å².